The first kappa shape index (κ1) is 19.2. The van der Waals surface area contributed by atoms with E-state index < -0.39 is 0 Å². The van der Waals surface area contributed by atoms with Gasteiger partial charge in [-0.05, 0) is 50.8 Å². The van der Waals surface area contributed by atoms with E-state index >= 15 is 0 Å². The van der Waals surface area contributed by atoms with Crippen LogP contribution >= 0.6 is 0 Å². The van der Waals surface area contributed by atoms with Gasteiger partial charge in [0.25, 0.3) is 5.91 Å². The second-order valence-corrected chi connectivity index (χ2v) is 7.27. The first-order valence-electron chi connectivity index (χ1n) is 9.70. The van der Waals surface area contributed by atoms with Gasteiger partial charge in [-0.25, -0.2) is 0 Å². The molecule has 1 fully saturated rings. The van der Waals surface area contributed by atoms with Crippen LogP contribution in [0.1, 0.15) is 42.1 Å². The SMILES string of the molecule is CCOC(=O)C1CCCN(C(=O)c2ccccc2C)C1[C@@H]1C=CC(N)=CC1. The molecule has 1 heterocycles. The molecule has 1 aliphatic heterocycles. The Morgan fingerprint density at radius 2 is 2.07 bits per heavy atom. The van der Waals surface area contributed by atoms with Crippen molar-refractivity contribution in [2.75, 3.05) is 13.2 Å². The molecule has 2 N–H and O–H groups in total. The van der Waals surface area contributed by atoms with E-state index in [0.29, 0.717) is 18.7 Å². The zero-order valence-corrected chi connectivity index (χ0v) is 16.1. The average molecular weight is 368 g/mol. The van der Waals surface area contributed by atoms with E-state index in [2.05, 4.69) is 0 Å². The van der Waals surface area contributed by atoms with Crippen molar-refractivity contribution in [1.29, 1.82) is 0 Å². The van der Waals surface area contributed by atoms with E-state index in [1.54, 1.807) is 0 Å². The number of amides is 1. The standard InChI is InChI=1S/C22H28N2O3/c1-3-27-22(26)19-9-6-14-24(20(19)16-10-12-17(23)13-11-16)21(25)18-8-5-4-7-15(18)2/h4-5,7-8,10,12-13,16,19-20H,3,6,9,11,14,23H2,1-2H3/t16-,19?,20?/m1/s1. The van der Waals surface area contributed by atoms with Gasteiger partial charge in [-0.3, -0.25) is 9.59 Å². The normalized spacial score (nSPS) is 25.0. The molecule has 27 heavy (non-hydrogen) atoms. The summed E-state index contributed by atoms with van der Waals surface area (Å²) in [6.45, 7) is 4.76. The number of aryl methyl sites for hydroxylation is 1. The molecule has 2 aliphatic rings. The molecule has 0 aromatic heterocycles. The molecule has 1 aliphatic carbocycles. The van der Waals surface area contributed by atoms with E-state index in [1.807, 2.05) is 61.2 Å². The van der Waals surface area contributed by atoms with Crippen LogP contribution in [0.3, 0.4) is 0 Å². The number of ether oxygens (including phenoxy) is 1. The average Bonchev–Trinajstić information content (AvgIpc) is 2.68. The topological polar surface area (TPSA) is 72.6 Å². The van der Waals surface area contributed by atoms with Crippen molar-refractivity contribution in [2.45, 2.75) is 39.2 Å². The van der Waals surface area contributed by atoms with Gasteiger partial charge in [0.1, 0.15) is 0 Å². The Bertz CT molecular complexity index is 769. The molecule has 1 aromatic carbocycles. The number of nitrogens with zero attached hydrogens (tertiary/aromatic N) is 1. The van der Waals surface area contributed by atoms with E-state index in [4.69, 9.17) is 10.5 Å². The molecule has 5 heteroatoms. The minimum Gasteiger partial charge on any atom is -0.466 e. The first-order valence-corrected chi connectivity index (χ1v) is 9.70. The van der Waals surface area contributed by atoms with Crippen molar-refractivity contribution in [3.63, 3.8) is 0 Å². The van der Waals surface area contributed by atoms with Crippen molar-refractivity contribution in [1.82, 2.24) is 4.90 Å². The lowest BCUT2D eigenvalue weighted by Crippen LogP contribution is -2.54. The van der Waals surface area contributed by atoms with Crippen LogP contribution in [0, 0.1) is 18.8 Å². The molecular formula is C22H28N2O3. The Morgan fingerprint density at radius 1 is 1.30 bits per heavy atom. The first-order chi connectivity index (χ1) is 13.0. The minimum absolute atomic E-state index is 0.0111. The Morgan fingerprint density at radius 3 is 2.74 bits per heavy atom. The third kappa shape index (κ3) is 4.07. The maximum Gasteiger partial charge on any atom is 0.311 e. The van der Waals surface area contributed by atoms with Gasteiger partial charge in [-0.1, -0.05) is 30.4 Å². The number of esters is 1. The molecule has 1 saturated heterocycles. The Balaban J connectivity index is 1.94. The van der Waals surface area contributed by atoms with Crippen LogP contribution in [0.2, 0.25) is 0 Å². The summed E-state index contributed by atoms with van der Waals surface area (Å²) < 4.78 is 5.34. The highest BCUT2D eigenvalue weighted by Gasteiger charge is 2.43. The van der Waals surface area contributed by atoms with Gasteiger partial charge in [0.15, 0.2) is 0 Å². The Labute approximate surface area is 160 Å². The van der Waals surface area contributed by atoms with Gasteiger partial charge in [0.05, 0.1) is 18.6 Å². The number of carbonyl (C=O) groups is 2. The van der Waals surface area contributed by atoms with Gasteiger partial charge < -0.3 is 15.4 Å². The lowest BCUT2D eigenvalue weighted by Gasteiger charge is -2.44. The molecule has 1 amide bonds. The van der Waals surface area contributed by atoms with Crippen LogP contribution in [-0.2, 0) is 9.53 Å². The van der Waals surface area contributed by atoms with E-state index in [1.165, 1.54) is 0 Å². The third-order valence-electron chi connectivity index (χ3n) is 5.51. The highest BCUT2D eigenvalue weighted by atomic mass is 16.5. The molecule has 0 saturated carbocycles. The summed E-state index contributed by atoms with van der Waals surface area (Å²) in [5.74, 6) is -0.474. The molecule has 3 rings (SSSR count). The highest BCUT2D eigenvalue weighted by molar-refractivity contribution is 5.96. The highest BCUT2D eigenvalue weighted by Crippen LogP contribution is 2.35. The van der Waals surface area contributed by atoms with Crippen LogP contribution in [0.25, 0.3) is 0 Å². The molecule has 0 bridgehead atoms. The van der Waals surface area contributed by atoms with Gasteiger partial charge in [-0.15, -0.1) is 0 Å². The summed E-state index contributed by atoms with van der Waals surface area (Å²) in [6.07, 6.45) is 8.14. The zero-order chi connectivity index (χ0) is 19.4. The quantitative estimate of drug-likeness (QED) is 0.829. The molecule has 5 nitrogen and oxygen atoms in total. The fraction of sp³-hybridized carbons (Fsp3) is 0.455. The number of allylic oxidation sites excluding steroid dienone is 2. The minimum atomic E-state index is -0.311. The number of piperidine rings is 1. The van der Waals surface area contributed by atoms with Crippen molar-refractivity contribution in [3.05, 3.63) is 59.3 Å². The summed E-state index contributed by atoms with van der Waals surface area (Å²) >= 11 is 0. The molecule has 0 radical (unpaired) electrons. The lowest BCUT2D eigenvalue weighted by molar-refractivity contribution is -0.152. The largest absolute Gasteiger partial charge is 0.466 e. The van der Waals surface area contributed by atoms with E-state index in [9.17, 15) is 9.59 Å². The van der Waals surface area contributed by atoms with Gasteiger partial charge in [0.2, 0.25) is 0 Å². The Kier molecular flexibility index (Phi) is 5.99. The van der Waals surface area contributed by atoms with E-state index in [0.717, 1.165) is 30.5 Å². The van der Waals surface area contributed by atoms with E-state index in [-0.39, 0.29) is 29.8 Å². The summed E-state index contributed by atoms with van der Waals surface area (Å²) in [7, 11) is 0. The summed E-state index contributed by atoms with van der Waals surface area (Å²) in [6, 6.07) is 7.39. The molecule has 2 unspecified atom stereocenters. The van der Waals surface area contributed by atoms with Crippen molar-refractivity contribution in [3.8, 4) is 0 Å². The number of rotatable bonds is 4. The predicted molar refractivity (Wildman–Crippen MR) is 105 cm³/mol. The fourth-order valence-corrected chi connectivity index (χ4v) is 4.17. The van der Waals surface area contributed by atoms with Gasteiger partial charge in [0, 0.05) is 23.7 Å². The number of hydrogen-bond acceptors (Lipinski definition) is 4. The molecule has 3 atom stereocenters. The van der Waals surface area contributed by atoms with Crippen LogP contribution in [0.15, 0.2) is 48.2 Å². The number of carbonyl (C=O) groups excluding carboxylic acids is 2. The van der Waals surface area contributed by atoms with Gasteiger partial charge in [-0.2, -0.15) is 0 Å². The zero-order valence-electron chi connectivity index (χ0n) is 16.1. The number of hydrogen-bond donors (Lipinski definition) is 1. The van der Waals surface area contributed by atoms with Crippen LogP contribution < -0.4 is 5.73 Å². The maximum atomic E-state index is 13.4. The predicted octanol–water partition coefficient (Wildman–Crippen LogP) is 3.20. The Hall–Kier alpha value is -2.56. The summed E-state index contributed by atoms with van der Waals surface area (Å²) in [5, 5.41) is 0. The summed E-state index contributed by atoms with van der Waals surface area (Å²) in [5.41, 5.74) is 8.25. The molecule has 1 aromatic rings. The number of nitrogens with two attached hydrogens (primary N) is 1. The monoisotopic (exact) mass is 368 g/mol. The van der Waals surface area contributed by atoms with Crippen molar-refractivity contribution >= 4 is 11.9 Å². The van der Waals surface area contributed by atoms with Crippen LogP contribution in [0.4, 0.5) is 0 Å². The number of benzene rings is 1. The third-order valence-corrected chi connectivity index (χ3v) is 5.51. The van der Waals surface area contributed by atoms with Gasteiger partial charge >= 0.3 is 5.97 Å². The van der Waals surface area contributed by atoms with Crippen molar-refractivity contribution < 1.29 is 14.3 Å². The molecule has 144 valence electrons. The molecule has 0 spiro atoms. The van der Waals surface area contributed by atoms with Crippen molar-refractivity contribution in [2.24, 2.45) is 17.6 Å². The smallest absolute Gasteiger partial charge is 0.311 e. The maximum absolute atomic E-state index is 13.4. The second-order valence-electron chi connectivity index (χ2n) is 7.27. The van der Waals surface area contributed by atoms with Crippen LogP contribution in [-0.4, -0.2) is 36.0 Å². The summed E-state index contributed by atoms with van der Waals surface area (Å²) in [4.78, 5) is 27.9. The molecular weight excluding hydrogens is 340 g/mol. The lowest BCUT2D eigenvalue weighted by atomic mass is 9.78. The van der Waals surface area contributed by atoms with Crippen LogP contribution in [0.5, 0.6) is 0 Å². The fourth-order valence-electron chi connectivity index (χ4n) is 4.17. The number of likely N-dealkylation sites (tertiary alicyclic amines) is 1. The second kappa shape index (κ2) is 8.42.